The zero-order valence-corrected chi connectivity index (χ0v) is 10.6. The third kappa shape index (κ3) is 3.24. The highest BCUT2D eigenvalue weighted by molar-refractivity contribution is 5.29. The summed E-state index contributed by atoms with van der Waals surface area (Å²) in [5.41, 5.74) is 7.45. The van der Waals surface area contributed by atoms with E-state index in [0.717, 1.165) is 18.6 Å². The predicted molar refractivity (Wildman–Crippen MR) is 68.6 cm³/mol. The molecule has 16 heavy (non-hydrogen) atoms. The zero-order chi connectivity index (χ0) is 12.0. The number of rotatable bonds is 6. The van der Waals surface area contributed by atoms with E-state index in [1.54, 1.807) is 0 Å². The molecule has 0 spiro atoms. The molecular formula is C14H23NO. The van der Waals surface area contributed by atoms with E-state index in [2.05, 4.69) is 26.0 Å². The van der Waals surface area contributed by atoms with E-state index in [0.29, 0.717) is 12.5 Å². The van der Waals surface area contributed by atoms with Crippen molar-refractivity contribution in [2.45, 2.75) is 39.7 Å². The Balaban J connectivity index is 2.72. The van der Waals surface area contributed by atoms with E-state index >= 15 is 0 Å². The van der Waals surface area contributed by atoms with Crippen LogP contribution in [0.3, 0.4) is 0 Å². The van der Waals surface area contributed by atoms with Crippen LogP contribution in [-0.4, -0.2) is 6.61 Å². The van der Waals surface area contributed by atoms with Gasteiger partial charge >= 0.3 is 0 Å². The normalized spacial score (nSPS) is 12.8. The summed E-state index contributed by atoms with van der Waals surface area (Å²) in [5.74, 6) is 1.49. The molecule has 1 atom stereocenters. The molecule has 90 valence electrons. The van der Waals surface area contributed by atoms with Crippen molar-refractivity contribution in [2.24, 2.45) is 11.7 Å². The summed E-state index contributed by atoms with van der Waals surface area (Å²) >= 11 is 0. The summed E-state index contributed by atoms with van der Waals surface area (Å²) in [4.78, 5) is 0. The Hall–Kier alpha value is -1.02. The molecule has 0 amide bonds. The molecule has 2 N–H and O–H groups in total. The first kappa shape index (κ1) is 13.0. The fourth-order valence-corrected chi connectivity index (χ4v) is 2.02. The van der Waals surface area contributed by atoms with Gasteiger partial charge in [0.15, 0.2) is 0 Å². The highest BCUT2D eigenvalue weighted by atomic mass is 16.5. The van der Waals surface area contributed by atoms with Crippen molar-refractivity contribution in [3.8, 4) is 5.75 Å². The molecule has 1 aromatic rings. The van der Waals surface area contributed by atoms with E-state index in [9.17, 15) is 0 Å². The molecule has 0 bridgehead atoms. The molecule has 0 aliphatic carbocycles. The van der Waals surface area contributed by atoms with Gasteiger partial charge in [0.2, 0.25) is 0 Å². The van der Waals surface area contributed by atoms with Crippen LogP contribution in [0.1, 0.15) is 45.2 Å². The van der Waals surface area contributed by atoms with Crippen LogP contribution >= 0.6 is 0 Å². The molecule has 1 unspecified atom stereocenters. The van der Waals surface area contributed by atoms with E-state index in [1.807, 2.05) is 19.1 Å². The minimum absolute atomic E-state index is 0.144. The van der Waals surface area contributed by atoms with Crippen LogP contribution in [0.2, 0.25) is 0 Å². The molecule has 0 radical (unpaired) electrons. The van der Waals surface area contributed by atoms with Gasteiger partial charge in [0.1, 0.15) is 5.75 Å². The number of hydrogen-bond acceptors (Lipinski definition) is 2. The summed E-state index contributed by atoms with van der Waals surface area (Å²) in [6.07, 6.45) is 2.26. The monoisotopic (exact) mass is 221 g/mol. The molecule has 0 aliphatic rings. The summed E-state index contributed by atoms with van der Waals surface area (Å²) in [7, 11) is 0. The average Bonchev–Trinajstić information content (AvgIpc) is 2.32. The maximum Gasteiger partial charge on any atom is 0.119 e. The molecule has 2 nitrogen and oxygen atoms in total. The second kappa shape index (κ2) is 6.54. The van der Waals surface area contributed by atoms with Crippen LogP contribution in [-0.2, 0) is 0 Å². The van der Waals surface area contributed by atoms with Crippen LogP contribution in [0.15, 0.2) is 24.3 Å². The Morgan fingerprint density at radius 1 is 1.06 bits per heavy atom. The highest BCUT2D eigenvalue weighted by Crippen LogP contribution is 2.26. The van der Waals surface area contributed by atoms with Crippen molar-refractivity contribution in [1.29, 1.82) is 0 Å². The molecule has 0 saturated heterocycles. The van der Waals surface area contributed by atoms with Gasteiger partial charge < -0.3 is 10.5 Å². The minimum atomic E-state index is 0.144. The topological polar surface area (TPSA) is 35.2 Å². The van der Waals surface area contributed by atoms with Crippen LogP contribution < -0.4 is 10.5 Å². The standard InChI is InChI=1S/C14H23NO/c1-4-11(5-2)14(15)12-7-9-13(10-8-12)16-6-3/h7-11,14H,4-6,15H2,1-3H3. The van der Waals surface area contributed by atoms with Crippen molar-refractivity contribution >= 4 is 0 Å². The van der Waals surface area contributed by atoms with Gasteiger partial charge in [-0.05, 0) is 30.5 Å². The second-order valence-electron chi connectivity index (χ2n) is 4.10. The lowest BCUT2D eigenvalue weighted by molar-refractivity contribution is 0.339. The Morgan fingerprint density at radius 2 is 1.62 bits per heavy atom. The molecular weight excluding hydrogens is 198 g/mol. The summed E-state index contributed by atoms with van der Waals surface area (Å²) < 4.78 is 5.41. The molecule has 0 aliphatic heterocycles. The van der Waals surface area contributed by atoms with Crippen molar-refractivity contribution in [3.05, 3.63) is 29.8 Å². The van der Waals surface area contributed by atoms with Crippen molar-refractivity contribution < 1.29 is 4.74 Å². The van der Waals surface area contributed by atoms with Crippen LogP contribution in [0.4, 0.5) is 0 Å². The Labute approximate surface area is 98.8 Å². The fourth-order valence-electron chi connectivity index (χ4n) is 2.02. The predicted octanol–water partition coefficient (Wildman–Crippen LogP) is 3.52. The lowest BCUT2D eigenvalue weighted by Crippen LogP contribution is -2.20. The largest absolute Gasteiger partial charge is 0.494 e. The number of benzene rings is 1. The number of hydrogen-bond donors (Lipinski definition) is 1. The van der Waals surface area contributed by atoms with Gasteiger partial charge in [-0.25, -0.2) is 0 Å². The minimum Gasteiger partial charge on any atom is -0.494 e. The van der Waals surface area contributed by atoms with Gasteiger partial charge in [0.05, 0.1) is 6.61 Å². The molecule has 1 rings (SSSR count). The average molecular weight is 221 g/mol. The zero-order valence-electron chi connectivity index (χ0n) is 10.6. The van der Waals surface area contributed by atoms with E-state index < -0.39 is 0 Å². The van der Waals surface area contributed by atoms with Gasteiger partial charge in [-0.1, -0.05) is 38.8 Å². The first-order valence-corrected chi connectivity index (χ1v) is 6.21. The third-order valence-corrected chi connectivity index (χ3v) is 3.13. The van der Waals surface area contributed by atoms with Crippen LogP contribution in [0, 0.1) is 5.92 Å². The smallest absolute Gasteiger partial charge is 0.119 e. The van der Waals surface area contributed by atoms with Crippen molar-refractivity contribution in [3.63, 3.8) is 0 Å². The first-order chi connectivity index (χ1) is 7.72. The van der Waals surface area contributed by atoms with E-state index in [4.69, 9.17) is 10.5 Å². The Kier molecular flexibility index (Phi) is 5.33. The summed E-state index contributed by atoms with van der Waals surface area (Å²) in [5, 5.41) is 0. The van der Waals surface area contributed by atoms with Crippen LogP contribution in [0.5, 0.6) is 5.75 Å². The third-order valence-electron chi connectivity index (χ3n) is 3.13. The van der Waals surface area contributed by atoms with Crippen LogP contribution in [0.25, 0.3) is 0 Å². The van der Waals surface area contributed by atoms with Gasteiger partial charge in [-0.2, -0.15) is 0 Å². The number of ether oxygens (including phenoxy) is 1. The second-order valence-corrected chi connectivity index (χ2v) is 4.10. The lowest BCUT2D eigenvalue weighted by Gasteiger charge is -2.21. The lowest BCUT2D eigenvalue weighted by atomic mass is 9.90. The Morgan fingerprint density at radius 3 is 2.06 bits per heavy atom. The molecule has 2 heteroatoms. The fraction of sp³-hybridized carbons (Fsp3) is 0.571. The van der Waals surface area contributed by atoms with Crippen molar-refractivity contribution in [1.82, 2.24) is 0 Å². The van der Waals surface area contributed by atoms with Gasteiger partial charge in [-0.15, -0.1) is 0 Å². The molecule has 0 saturated carbocycles. The Bertz CT molecular complexity index is 290. The van der Waals surface area contributed by atoms with Gasteiger partial charge in [0.25, 0.3) is 0 Å². The van der Waals surface area contributed by atoms with E-state index in [-0.39, 0.29) is 6.04 Å². The molecule has 1 aromatic carbocycles. The van der Waals surface area contributed by atoms with Gasteiger partial charge in [-0.3, -0.25) is 0 Å². The maximum atomic E-state index is 6.24. The molecule has 0 heterocycles. The molecule has 0 aromatic heterocycles. The maximum absolute atomic E-state index is 6.24. The highest BCUT2D eigenvalue weighted by Gasteiger charge is 2.15. The first-order valence-electron chi connectivity index (χ1n) is 6.21. The number of nitrogens with two attached hydrogens (primary N) is 1. The summed E-state index contributed by atoms with van der Waals surface area (Å²) in [6, 6.07) is 8.30. The van der Waals surface area contributed by atoms with Gasteiger partial charge in [0, 0.05) is 6.04 Å². The molecule has 0 fully saturated rings. The SMILES string of the molecule is CCOc1ccc(C(N)C(CC)CC)cc1. The quantitative estimate of drug-likeness (QED) is 0.797. The van der Waals surface area contributed by atoms with Crippen molar-refractivity contribution in [2.75, 3.05) is 6.61 Å². The van der Waals surface area contributed by atoms with E-state index in [1.165, 1.54) is 5.56 Å². The summed E-state index contributed by atoms with van der Waals surface area (Å²) in [6.45, 7) is 7.09.